The van der Waals surface area contributed by atoms with Crippen molar-refractivity contribution in [3.05, 3.63) is 63.9 Å². The van der Waals surface area contributed by atoms with E-state index in [1.165, 1.54) is 6.07 Å². The van der Waals surface area contributed by atoms with E-state index in [1.807, 2.05) is 53.1 Å². The normalized spacial score (nSPS) is 17.3. The van der Waals surface area contributed by atoms with Crippen LogP contribution in [0.25, 0.3) is 10.9 Å². The Morgan fingerprint density at radius 3 is 2.74 bits per heavy atom. The van der Waals surface area contributed by atoms with Gasteiger partial charge in [0, 0.05) is 40.3 Å². The number of aromatic amines is 1. The van der Waals surface area contributed by atoms with E-state index in [-0.39, 0.29) is 29.1 Å². The van der Waals surface area contributed by atoms with Gasteiger partial charge in [0.2, 0.25) is 15.9 Å². The number of carbonyl (C=O) groups excluding carboxylic acids is 1. The first-order valence-electron chi connectivity index (χ1n) is 11.4. The van der Waals surface area contributed by atoms with Gasteiger partial charge in [0.25, 0.3) is 0 Å². The highest BCUT2D eigenvalue weighted by Gasteiger charge is 2.29. The van der Waals surface area contributed by atoms with Gasteiger partial charge in [0.1, 0.15) is 6.04 Å². The lowest BCUT2D eigenvalue weighted by molar-refractivity contribution is -0.122. The number of nitrogens with zero attached hydrogens (tertiary/aromatic N) is 1. The Hall–Kier alpha value is -2.64. The second-order valence-corrected chi connectivity index (χ2v) is 11.6. The maximum atomic E-state index is 13.3. The van der Waals surface area contributed by atoms with E-state index >= 15 is 0 Å². The molecule has 1 aliphatic rings. The van der Waals surface area contributed by atoms with Crippen molar-refractivity contribution >= 4 is 55.4 Å². The van der Waals surface area contributed by atoms with E-state index in [0.29, 0.717) is 16.7 Å². The van der Waals surface area contributed by atoms with Crippen LogP contribution in [0.15, 0.2) is 59.6 Å². The monoisotopic (exact) mass is 608 g/mol. The molecule has 3 aromatic rings. The number of rotatable bonds is 8. The summed E-state index contributed by atoms with van der Waals surface area (Å²) in [5, 5.41) is 11.6. The van der Waals surface area contributed by atoms with E-state index in [4.69, 9.17) is 11.1 Å². The molecule has 11 heteroatoms. The molecule has 2 heterocycles. The Balaban J connectivity index is 1.54. The first-order valence-corrected chi connectivity index (χ1v) is 14.0. The molecule has 1 saturated heterocycles. The predicted molar refractivity (Wildman–Crippen MR) is 144 cm³/mol. The standard InChI is InChI=1S/C24H29IN6O3S/c25-19-8-2-4-10-22(19)35(33,34)30-21(12-17-14-28-20-9-3-1-7-18(17)20)23(32)29-13-16-6-5-11-31(15-16)24(26)27/h1-4,7-10,14,16,21,28,30H,5-6,11-13,15H2,(H3,26,27)(H,29,32)/t16?,21-/m1/s1. The number of fused-ring (bicyclic) bond motifs is 1. The number of benzene rings is 2. The molecular weight excluding hydrogens is 579 g/mol. The van der Waals surface area contributed by atoms with Crippen molar-refractivity contribution in [3.63, 3.8) is 0 Å². The van der Waals surface area contributed by atoms with Crippen molar-refractivity contribution in [1.29, 1.82) is 5.41 Å². The number of sulfonamides is 1. The number of aromatic nitrogens is 1. The van der Waals surface area contributed by atoms with Gasteiger partial charge in [0.15, 0.2) is 5.96 Å². The van der Waals surface area contributed by atoms with E-state index in [1.54, 1.807) is 23.1 Å². The smallest absolute Gasteiger partial charge is 0.242 e. The average Bonchev–Trinajstić information content (AvgIpc) is 3.25. The van der Waals surface area contributed by atoms with E-state index < -0.39 is 16.1 Å². The number of H-pyrrole nitrogens is 1. The quantitative estimate of drug-likeness (QED) is 0.152. The first kappa shape index (κ1) is 25.5. The summed E-state index contributed by atoms with van der Waals surface area (Å²) in [7, 11) is -3.94. The van der Waals surface area contributed by atoms with E-state index in [0.717, 1.165) is 35.9 Å². The van der Waals surface area contributed by atoms with Crippen LogP contribution in [0.1, 0.15) is 18.4 Å². The molecule has 4 rings (SSSR count). The molecule has 2 aromatic carbocycles. The number of guanidine groups is 1. The zero-order valence-corrected chi connectivity index (χ0v) is 22.1. The number of nitrogens with two attached hydrogens (primary N) is 1. The van der Waals surface area contributed by atoms with Crippen LogP contribution < -0.4 is 15.8 Å². The van der Waals surface area contributed by atoms with E-state index in [2.05, 4.69) is 15.0 Å². The maximum Gasteiger partial charge on any atom is 0.242 e. The van der Waals surface area contributed by atoms with Gasteiger partial charge in [-0.2, -0.15) is 4.72 Å². The Morgan fingerprint density at radius 1 is 1.23 bits per heavy atom. The molecule has 1 fully saturated rings. The SMILES string of the molecule is N=C(N)N1CCCC(CNC(=O)[C@@H](Cc2c[nH]c3ccccc23)NS(=O)(=O)c2ccccc2I)C1. The van der Waals surface area contributed by atoms with Crippen LogP contribution in [0, 0.1) is 14.9 Å². The van der Waals surface area contributed by atoms with Crippen LogP contribution in [0.4, 0.5) is 0 Å². The second-order valence-electron chi connectivity index (χ2n) is 8.75. The van der Waals surface area contributed by atoms with Gasteiger partial charge in [-0.15, -0.1) is 0 Å². The third-order valence-electron chi connectivity index (χ3n) is 6.26. The van der Waals surface area contributed by atoms with Gasteiger partial charge in [-0.1, -0.05) is 30.3 Å². The third kappa shape index (κ3) is 6.14. The van der Waals surface area contributed by atoms with Crippen LogP contribution in [-0.4, -0.2) is 55.8 Å². The number of hydrogen-bond acceptors (Lipinski definition) is 4. The van der Waals surface area contributed by atoms with Crippen LogP contribution in [-0.2, 0) is 21.2 Å². The summed E-state index contributed by atoms with van der Waals surface area (Å²) in [5.74, 6) is -0.217. The average molecular weight is 609 g/mol. The van der Waals surface area contributed by atoms with Crippen molar-refractivity contribution in [2.24, 2.45) is 11.7 Å². The summed E-state index contributed by atoms with van der Waals surface area (Å²) in [6.07, 6.45) is 3.81. The van der Waals surface area contributed by atoms with Gasteiger partial charge in [-0.3, -0.25) is 10.2 Å². The summed E-state index contributed by atoms with van der Waals surface area (Å²) in [6, 6.07) is 13.4. The van der Waals surface area contributed by atoms with Crippen molar-refractivity contribution < 1.29 is 13.2 Å². The number of para-hydroxylation sites is 1. The molecule has 2 atom stereocenters. The summed E-state index contributed by atoms with van der Waals surface area (Å²) in [4.78, 5) is 18.5. The lowest BCUT2D eigenvalue weighted by Crippen LogP contribution is -2.51. The maximum absolute atomic E-state index is 13.3. The Morgan fingerprint density at radius 2 is 1.97 bits per heavy atom. The lowest BCUT2D eigenvalue weighted by atomic mass is 9.98. The number of hydrogen-bond donors (Lipinski definition) is 5. The minimum absolute atomic E-state index is 0.0310. The third-order valence-corrected chi connectivity index (χ3v) is 9.10. The minimum atomic E-state index is -3.94. The molecule has 0 bridgehead atoms. The highest BCUT2D eigenvalue weighted by molar-refractivity contribution is 14.1. The Labute approximate surface area is 218 Å². The second kappa shape index (κ2) is 11.0. The molecule has 1 aliphatic heterocycles. The molecule has 1 amide bonds. The first-order chi connectivity index (χ1) is 16.7. The molecule has 186 valence electrons. The zero-order valence-electron chi connectivity index (χ0n) is 19.1. The highest BCUT2D eigenvalue weighted by Crippen LogP contribution is 2.22. The molecular formula is C24H29IN6O3S. The summed E-state index contributed by atoms with van der Waals surface area (Å²) in [6.45, 7) is 1.72. The highest BCUT2D eigenvalue weighted by atomic mass is 127. The van der Waals surface area contributed by atoms with E-state index in [9.17, 15) is 13.2 Å². The molecule has 0 radical (unpaired) electrons. The van der Waals surface area contributed by atoms with Crippen molar-refractivity contribution in [1.82, 2.24) is 19.9 Å². The topological polar surface area (TPSA) is 144 Å². The van der Waals surface area contributed by atoms with Crippen molar-refractivity contribution in [2.45, 2.75) is 30.2 Å². The Kier molecular flexibility index (Phi) is 7.97. The number of likely N-dealkylation sites (tertiary alicyclic amines) is 1. The fourth-order valence-electron chi connectivity index (χ4n) is 4.44. The van der Waals surface area contributed by atoms with Crippen LogP contribution >= 0.6 is 22.6 Å². The van der Waals surface area contributed by atoms with Crippen LogP contribution in [0.3, 0.4) is 0 Å². The molecule has 6 N–H and O–H groups in total. The number of nitrogens with one attached hydrogen (secondary N) is 4. The summed E-state index contributed by atoms with van der Waals surface area (Å²) in [5.41, 5.74) is 7.41. The van der Waals surface area contributed by atoms with Crippen LogP contribution in [0.2, 0.25) is 0 Å². The predicted octanol–water partition coefficient (Wildman–Crippen LogP) is 2.38. The molecule has 1 unspecified atom stereocenters. The Bertz CT molecular complexity index is 1330. The number of piperidine rings is 1. The van der Waals surface area contributed by atoms with Crippen molar-refractivity contribution in [2.75, 3.05) is 19.6 Å². The fourth-order valence-corrected chi connectivity index (χ4v) is 6.97. The van der Waals surface area contributed by atoms with Gasteiger partial charge in [0.05, 0.1) is 4.90 Å². The van der Waals surface area contributed by atoms with Crippen molar-refractivity contribution in [3.8, 4) is 0 Å². The number of amides is 1. The summed E-state index contributed by atoms with van der Waals surface area (Å²) < 4.78 is 29.7. The van der Waals surface area contributed by atoms with Crippen LogP contribution in [0.5, 0.6) is 0 Å². The molecule has 35 heavy (non-hydrogen) atoms. The number of carbonyl (C=O) groups is 1. The zero-order chi connectivity index (χ0) is 25.0. The molecule has 9 nitrogen and oxygen atoms in total. The summed E-state index contributed by atoms with van der Waals surface area (Å²) >= 11 is 1.98. The fraction of sp³-hybridized carbons (Fsp3) is 0.333. The number of halogens is 1. The van der Waals surface area contributed by atoms with Gasteiger partial charge >= 0.3 is 0 Å². The molecule has 0 aliphatic carbocycles. The van der Waals surface area contributed by atoms with Gasteiger partial charge in [-0.25, -0.2) is 8.42 Å². The van der Waals surface area contributed by atoms with Gasteiger partial charge < -0.3 is 20.9 Å². The molecule has 0 saturated carbocycles. The molecule has 0 spiro atoms. The van der Waals surface area contributed by atoms with Gasteiger partial charge in [-0.05, 0) is 71.5 Å². The largest absolute Gasteiger partial charge is 0.370 e. The molecule has 1 aromatic heterocycles. The lowest BCUT2D eigenvalue weighted by Gasteiger charge is -2.33. The minimum Gasteiger partial charge on any atom is -0.370 e.